The van der Waals surface area contributed by atoms with Crippen LogP contribution in [0.5, 0.6) is 0 Å². The highest BCUT2D eigenvalue weighted by Gasteiger charge is 2.11. The number of aromatic nitrogens is 1. The molecule has 0 aliphatic carbocycles. The second-order valence-electron chi connectivity index (χ2n) is 3.21. The van der Waals surface area contributed by atoms with E-state index in [1.54, 1.807) is 24.3 Å². The Hall–Kier alpha value is -1.14. The average Bonchev–Trinajstić information content (AvgIpc) is 2.84. The van der Waals surface area contributed by atoms with Crippen molar-refractivity contribution in [2.45, 2.75) is 13.5 Å². The van der Waals surface area contributed by atoms with Gasteiger partial charge in [-0.3, -0.25) is 4.79 Å². The molecule has 0 saturated heterocycles. The summed E-state index contributed by atoms with van der Waals surface area (Å²) in [6, 6.07) is 3.56. The summed E-state index contributed by atoms with van der Waals surface area (Å²) < 4.78 is 5.86. The van der Waals surface area contributed by atoms with Gasteiger partial charge in [0.1, 0.15) is 0 Å². The zero-order valence-electron chi connectivity index (χ0n) is 8.49. The number of halogens is 1. The van der Waals surface area contributed by atoms with E-state index in [1.165, 1.54) is 0 Å². The molecule has 2 aromatic heterocycles. The summed E-state index contributed by atoms with van der Waals surface area (Å²) >= 11 is 4.98. The molecule has 0 aliphatic rings. The number of aryl methyl sites for hydroxylation is 1. The van der Waals surface area contributed by atoms with Gasteiger partial charge in [0.2, 0.25) is 5.76 Å². The molecule has 0 bridgehead atoms. The van der Waals surface area contributed by atoms with E-state index in [9.17, 15) is 4.79 Å². The molecule has 2 rings (SSSR count). The van der Waals surface area contributed by atoms with Crippen LogP contribution in [0.1, 0.15) is 21.1 Å². The van der Waals surface area contributed by atoms with Crippen LogP contribution in [0.3, 0.4) is 0 Å². The molecule has 0 spiro atoms. The standard InChI is InChI=1S/C10H9BrN2O2S/c1-6-4-8(15-13-6)10(14)12-5-9-7(11)2-3-16-9/h2-4H,5H2,1H3,(H,12,14). The van der Waals surface area contributed by atoms with E-state index in [0.717, 1.165) is 9.35 Å². The summed E-state index contributed by atoms with van der Waals surface area (Å²) in [5.74, 6) is -0.00826. The predicted octanol–water partition coefficient (Wildman–Crippen LogP) is 2.74. The van der Waals surface area contributed by atoms with Crippen LogP contribution < -0.4 is 5.32 Å². The van der Waals surface area contributed by atoms with Gasteiger partial charge in [-0.15, -0.1) is 11.3 Å². The molecule has 2 aromatic rings. The second kappa shape index (κ2) is 4.80. The van der Waals surface area contributed by atoms with E-state index in [-0.39, 0.29) is 11.7 Å². The smallest absolute Gasteiger partial charge is 0.290 e. The maximum absolute atomic E-state index is 11.6. The van der Waals surface area contributed by atoms with Crippen LogP contribution in [0.15, 0.2) is 26.5 Å². The Balaban J connectivity index is 1.96. The number of carbonyl (C=O) groups excluding carboxylic acids is 1. The second-order valence-corrected chi connectivity index (χ2v) is 5.06. The van der Waals surface area contributed by atoms with Crippen LogP contribution >= 0.6 is 27.3 Å². The van der Waals surface area contributed by atoms with Crippen LogP contribution in [0.25, 0.3) is 0 Å². The van der Waals surface area contributed by atoms with E-state index >= 15 is 0 Å². The van der Waals surface area contributed by atoms with Crippen LogP contribution in [0.2, 0.25) is 0 Å². The summed E-state index contributed by atoms with van der Waals surface area (Å²) in [5, 5.41) is 8.38. The van der Waals surface area contributed by atoms with Crippen molar-refractivity contribution < 1.29 is 9.32 Å². The van der Waals surface area contributed by atoms with Gasteiger partial charge in [0, 0.05) is 15.4 Å². The lowest BCUT2D eigenvalue weighted by atomic mass is 10.3. The molecule has 0 atom stereocenters. The normalized spacial score (nSPS) is 10.4. The number of rotatable bonds is 3. The monoisotopic (exact) mass is 300 g/mol. The van der Waals surface area contributed by atoms with Crippen LogP contribution in [-0.2, 0) is 6.54 Å². The fourth-order valence-corrected chi connectivity index (χ4v) is 2.60. The Kier molecular flexibility index (Phi) is 3.40. The van der Waals surface area contributed by atoms with E-state index in [4.69, 9.17) is 4.52 Å². The SMILES string of the molecule is Cc1cc(C(=O)NCc2sccc2Br)on1. The largest absolute Gasteiger partial charge is 0.351 e. The first-order valence-corrected chi connectivity index (χ1v) is 6.27. The molecule has 0 radical (unpaired) electrons. The highest BCUT2D eigenvalue weighted by Crippen LogP contribution is 2.22. The van der Waals surface area contributed by atoms with Crippen molar-refractivity contribution in [1.82, 2.24) is 10.5 Å². The number of nitrogens with zero attached hydrogens (tertiary/aromatic N) is 1. The maximum Gasteiger partial charge on any atom is 0.290 e. The van der Waals surface area contributed by atoms with Crippen molar-refractivity contribution in [2.75, 3.05) is 0 Å². The summed E-state index contributed by atoms with van der Waals surface area (Å²) in [4.78, 5) is 12.7. The van der Waals surface area contributed by atoms with Crippen LogP contribution in [0, 0.1) is 6.92 Å². The fourth-order valence-electron chi connectivity index (χ4n) is 1.17. The molecule has 0 saturated carbocycles. The van der Waals surface area contributed by atoms with Crippen molar-refractivity contribution >= 4 is 33.2 Å². The van der Waals surface area contributed by atoms with Gasteiger partial charge < -0.3 is 9.84 Å². The lowest BCUT2D eigenvalue weighted by molar-refractivity contribution is 0.0914. The molecule has 0 aromatic carbocycles. The molecule has 16 heavy (non-hydrogen) atoms. The molecular weight excluding hydrogens is 292 g/mol. The van der Waals surface area contributed by atoms with Gasteiger partial charge in [0.25, 0.3) is 5.91 Å². The van der Waals surface area contributed by atoms with Crippen molar-refractivity contribution in [3.8, 4) is 0 Å². The minimum absolute atomic E-state index is 0.241. The topological polar surface area (TPSA) is 55.1 Å². The third-order valence-electron chi connectivity index (χ3n) is 1.95. The van der Waals surface area contributed by atoms with Crippen LogP contribution in [0.4, 0.5) is 0 Å². The Morgan fingerprint density at radius 3 is 3.06 bits per heavy atom. The molecule has 1 amide bonds. The Labute approximate surface area is 105 Å². The number of amides is 1. The Morgan fingerprint density at radius 2 is 2.50 bits per heavy atom. The molecule has 6 heteroatoms. The lowest BCUT2D eigenvalue weighted by Gasteiger charge is -2.00. The van der Waals surface area contributed by atoms with Gasteiger partial charge in [0.15, 0.2) is 0 Å². The van der Waals surface area contributed by atoms with Crippen molar-refractivity contribution in [2.24, 2.45) is 0 Å². The van der Waals surface area contributed by atoms with Gasteiger partial charge in [-0.1, -0.05) is 5.16 Å². The van der Waals surface area contributed by atoms with Gasteiger partial charge in [-0.25, -0.2) is 0 Å². The molecule has 0 fully saturated rings. The third kappa shape index (κ3) is 2.51. The fraction of sp³-hybridized carbons (Fsp3) is 0.200. The number of carbonyl (C=O) groups is 1. The van der Waals surface area contributed by atoms with Crippen molar-refractivity contribution in [3.05, 3.63) is 38.3 Å². The summed E-state index contributed by atoms with van der Waals surface area (Å²) in [6.07, 6.45) is 0. The number of thiophene rings is 1. The third-order valence-corrected chi connectivity index (χ3v) is 3.88. The molecule has 1 N–H and O–H groups in total. The molecular formula is C10H9BrN2O2S. The number of hydrogen-bond donors (Lipinski definition) is 1. The molecule has 4 nitrogen and oxygen atoms in total. The summed E-state index contributed by atoms with van der Waals surface area (Å²) in [6.45, 7) is 2.26. The highest BCUT2D eigenvalue weighted by atomic mass is 79.9. The van der Waals surface area contributed by atoms with Gasteiger partial charge in [-0.05, 0) is 34.3 Å². The Bertz CT molecular complexity index is 506. The van der Waals surface area contributed by atoms with E-state index in [0.29, 0.717) is 12.2 Å². The van der Waals surface area contributed by atoms with Crippen LogP contribution in [-0.4, -0.2) is 11.1 Å². The number of hydrogen-bond acceptors (Lipinski definition) is 4. The van der Waals surface area contributed by atoms with Crippen molar-refractivity contribution in [1.29, 1.82) is 0 Å². The van der Waals surface area contributed by atoms with Gasteiger partial charge in [0.05, 0.1) is 12.2 Å². The first-order chi connectivity index (χ1) is 7.66. The zero-order chi connectivity index (χ0) is 11.5. The zero-order valence-corrected chi connectivity index (χ0v) is 10.9. The Morgan fingerprint density at radius 1 is 1.69 bits per heavy atom. The summed E-state index contributed by atoms with van der Waals surface area (Å²) in [5.41, 5.74) is 0.697. The molecule has 84 valence electrons. The molecule has 0 aliphatic heterocycles. The summed E-state index contributed by atoms with van der Waals surface area (Å²) in [7, 11) is 0. The average molecular weight is 301 g/mol. The van der Waals surface area contributed by atoms with E-state index in [2.05, 4.69) is 26.4 Å². The highest BCUT2D eigenvalue weighted by molar-refractivity contribution is 9.10. The first-order valence-electron chi connectivity index (χ1n) is 4.60. The lowest BCUT2D eigenvalue weighted by Crippen LogP contribution is -2.21. The van der Waals surface area contributed by atoms with E-state index in [1.807, 2.05) is 11.4 Å². The molecule has 0 unspecified atom stereocenters. The maximum atomic E-state index is 11.6. The quantitative estimate of drug-likeness (QED) is 0.948. The van der Waals surface area contributed by atoms with E-state index < -0.39 is 0 Å². The van der Waals surface area contributed by atoms with Crippen molar-refractivity contribution in [3.63, 3.8) is 0 Å². The minimum atomic E-state index is -0.249. The molecule has 2 heterocycles. The van der Waals surface area contributed by atoms with Gasteiger partial charge in [-0.2, -0.15) is 0 Å². The first kappa shape index (κ1) is 11.3. The predicted molar refractivity (Wildman–Crippen MR) is 64.4 cm³/mol. The van der Waals surface area contributed by atoms with Gasteiger partial charge >= 0.3 is 0 Å². The minimum Gasteiger partial charge on any atom is -0.351 e. The number of nitrogens with one attached hydrogen (secondary N) is 1.